The van der Waals surface area contributed by atoms with Crippen molar-refractivity contribution in [2.24, 2.45) is 0 Å². The van der Waals surface area contributed by atoms with Crippen LogP contribution in [0.25, 0.3) is 0 Å². The number of carbonyl (C=O) groups excluding carboxylic acids is 2. The predicted molar refractivity (Wildman–Crippen MR) is 115 cm³/mol. The van der Waals surface area contributed by atoms with Crippen LogP contribution >= 0.6 is 0 Å². The van der Waals surface area contributed by atoms with Crippen LogP contribution in [0.3, 0.4) is 0 Å². The molecule has 3 rings (SSSR count). The van der Waals surface area contributed by atoms with Gasteiger partial charge in [0.2, 0.25) is 5.91 Å². The third kappa shape index (κ3) is 5.45. The van der Waals surface area contributed by atoms with Crippen molar-refractivity contribution in [2.45, 2.75) is 39.5 Å². The molecule has 2 amide bonds. The van der Waals surface area contributed by atoms with Crippen LogP contribution in [-0.2, 0) is 16.0 Å². The highest BCUT2D eigenvalue weighted by atomic mass is 16.5. The lowest BCUT2D eigenvalue weighted by Gasteiger charge is -2.27. The Labute approximate surface area is 173 Å². The zero-order valence-electron chi connectivity index (χ0n) is 17.5. The number of hydrogen-bond acceptors (Lipinski definition) is 3. The molecular weight excluding hydrogens is 364 g/mol. The van der Waals surface area contributed by atoms with Gasteiger partial charge in [0.05, 0.1) is 13.2 Å². The number of carbonyl (C=O) groups is 2. The summed E-state index contributed by atoms with van der Waals surface area (Å²) < 4.78 is 5.32. The van der Waals surface area contributed by atoms with E-state index in [4.69, 9.17) is 4.74 Å². The van der Waals surface area contributed by atoms with Gasteiger partial charge in [-0.15, -0.1) is 0 Å². The molecule has 1 saturated heterocycles. The highest BCUT2D eigenvalue weighted by molar-refractivity contribution is 5.99. The van der Waals surface area contributed by atoms with Crippen LogP contribution < -0.4 is 5.32 Å². The molecule has 154 valence electrons. The summed E-state index contributed by atoms with van der Waals surface area (Å²) in [5, 5.41) is 2.97. The van der Waals surface area contributed by atoms with E-state index in [0.717, 1.165) is 11.1 Å². The summed E-state index contributed by atoms with van der Waals surface area (Å²) in [6, 6.07) is 13.9. The van der Waals surface area contributed by atoms with Crippen molar-refractivity contribution < 1.29 is 14.3 Å². The zero-order chi connectivity index (χ0) is 20.8. The fourth-order valence-corrected chi connectivity index (χ4v) is 3.48. The standard InChI is InChI=1S/C24H30N2O3/c1-17(2)20-10-7-19(8-11-20)9-12-23(27)25-22-6-4-5-21(18(22)3)24(28)26-13-15-29-16-14-26/h4-8,10-11,17H,9,12-16H2,1-3H3,(H,25,27). The first-order valence-corrected chi connectivity index (χ1v) is 10.3. The molecular formula is C24H30N2O3. The molecule has 0 bridgehead atoms. The molecule has 2 aromatic carbocycles. The molecule has 0 aliphatic carbocycles. The predicted octanol–water partition coefficient (Wildman–Crippen LogP) is 4.16. The topological polar surface area (TPSA) is 58.6 Å². The molecule has 5 heteroatoms. The summed E-state index contributed by atoms with van der Waals surface area (Å²) >= 11 is 0. The quantitative estimate of drug-likeness (QED) is 0.800. The van der Waals surface area contributed by atoms with Crippen molar-refractivity contribution >= 4 is 17.5 Å². The molecule has 1 heterocycles. The number of anilines is 1. The maximum atomic E-state index is 12.8. The van der Waals surface area contributed by atoms with Crippen LogP contribution in [0, 0.1) is 6.92 Å². The lowest BCUT2D eigenvalue weighted by molar-refractivity contribution is -0.116. The number of hydrogen-bond donors (Lipinski definition) is 1. The fourth-order valence-electron chi connectivity index (χ4n) is 3.48. The van der Waals surface area contributed by atoms with Gasteiger partial charge in [-0.25, -0.2) is 0 Å². The number of aryl methyl sites for hydroxylation is 1. The maximum absolute atomic E-state index is 12.8. The SMILES string of the molecule is Cc1c(NC(=O)CCc2ccc(C(C)C)cc2)cccc1C(=O)N1CCOCC1. The second kappa shape index (κ2) is 9.70. The van der Waals surface area contributed by atoms with Gasteiger partial charge in [0, 0.05) is 30.8 Å². The van der Waals surface area contributed by atoms with E-state index in [2.05, 4.69) is 43.4 Å². The molecule has 0 saturated carbocycles. The first-order valence-electron chi connectivity index (χ1n) is 10.3. The Balaban J connectivity index is 1.60. The van der Waals surface area contributed by atoms with Crippen LogP contribution in [-0.4, -0.2) is 43.0 Å². The summed E-state index contributed by atoms with van der Waals surface area (Å²) in [5.41, 5.74) is 4.59. The van der Waals surface area contributed by atoms with E-state index >= 15 is 0 Å². The summed E-state index contributed by atoms with van der Waals surface area (Å²) in [6.45, 7) is 8.56. The van der Waals surface area contributed by atoms with Gasteiger partial charge in [0.1, 0.15) is 0 Å². The molecule has 1 aliphatic heterocycles. The minimum absolute atomic E-state index is 0.00728. The maximum Gasteiger partial charge on any atom is 0.254 e. The molecule has 0 spiro atoms. The van der Waals surface area contributed by atoms with Gasteiger partial charge in [-0.2, -0.15) is 0 Å². The summed E-state index contributed by atoms with van der Waals surface area (Å²) in [4.78, 5) is 27.1. The summed E-state index contributed by atoms with van der Waals surface area (Å²) in [5.74, 6) is 0.451. The summed E-state index contributed by atoms with van der Waals surface area (Å²) in [7, 11) is 0. The van der Waals surface area contributed by atoms with Gasteiger partial charge in [0.15, 0.2) is 0 Å². The number of nitrogens with zero attached hydrogens (tertiary/aromatic N) is 1. The van der Waals surface area contributed by atoms with Crippen molar-refractivity contribution in [3.63, 3.8) is 0 Å². The van der Waals surface area contributed by atoms with Crippen molar-refractivity contribution in [3.8, 4) is 0 Å². The van der Waals surface area contributed by atoms with Crippen molar-refractivity contribution in [2.75, 3.05) is 31.6 Å². The molecule has 1 fully saturated rings. The van der Waals surface area contributed by atoms with Crippen molar-refractivity contribution in [1.82, 2.24) is 4.90 Å². The Morgan fingerprint density at radius 1 is 1.07 bits per heavy atom. The second-order valence-corrected chi connectivity index (χ2v) is 7.83. The Morgan fingerprint density at radius 2 is 1.76 bits per heavy atom. The number of amides is 2. The van der Waals surface area contributed by atoms with Gasteiger partial charge < -0.3 is 15.0 Å². The molecule has 1 aliphatic rings. The molecule has 5 nitrogen and oxygen atoms in total. The molecule has 1 N–H and O–H groups in total. The minimum Gasteiger partial charge on any atom is -0.378 e. The van der Waals surface area contributed by atoms with Gasteiger partial charge in [-0.3, -0.25) is 9.59 Å². The molecule has 0 atom stereocenters. The monoisotopic (exact) mass is 394 g/mol. The fraction of sp³-hybridized carbons (Fsp3) is 0.417. The number of morpholine rings is 1. The first kappa shape index (κ1) is 21.1. The van der Waals surface area contributed by atoms with E-state index < -0.39 is 0 Å². The highest BCUT2D eigenvalue weighted by Crippen LogP contribution is 2.22. The average molecular weight is 395 g/mol. The molecule has 2 aromatic rings. The number of benzene rings is 2. The highest BCUT2D eigenvalue weighted by Gasteiger charge is 2.21. The smallest absolute Gasteiger partial charge is 0.254 e. The van der Waals surface area contributed by atoms with Crippen LogP contribution in [0.5, 0.6) is 0 Å². The second-order valence-electron chi connectivity index (χ2n) is 7.83. The van der Waals surface area contributed by atoms with Crippen LogP contribution in [0.1, 0.15) is 53.2 Å². The van der Waals surface area contributed by atoms with Gasteiger partial charge in [0.25, 0.3) is 5.91 Å². The van der Waals surface area contributed by atoms with E-state index in [0.29, 0.717) is 56.3 Å². The van der Waals surface area contributed by atoms with E-state index in [-0.39, 0.29) is 11.8 Å². The minimum atomic E-state index is -0.0444. The van der Waals surface area contributed by atoms with Crippen molar-refractivity contribution in [1.29, 1.82) is 0 Å². The first-order chi connectivity index (χ1) is 14.0. The van der Waals surface area contributed by atoms with E-state index in [1.54, 1.807) is 4.90 Å². The van der Waals surface area contributed by atoms with E-state index in [9.17, 15) is 9.59 Å². The Morgan fingerprint density at radius 3 is 2.41 bits per heavy atom. The zero-order valence-corrected chi connectivity index (χ0v) is 17.5. The summed E-state index contributed by atoms with van der Waals surface area (Å²) in [6.07, 6.45) is 1.09. The Bertz CT molecular complexity index is 853. The average Bonchev–Trinajstić information content (AvgIpc) is 2.74. The largest absolute Gasteiger partial charge is 0.378 e. The lowest BCUT2D eigenvalue weighted by atomic mass is 10.00. The number of nitrogens with one attached hydrogen (secondary N) is 1. The van der Waals surface area contributed by atoms with Gasteiger partial charge in [-0.05, 0) is 48.1 Å². The molecule has 0 radical (unpaired) electrons. The number of rotatable bonds is 6. The Hall–Kier alpha value is -2.66. The van der Waals surface area contributed by atoms with Gasteiger partial charge in [-0.1, -0.05) is 44.2 Å². The molecule has 0 unspecified atom stereocenters. The van der Waals surface area contributed by atoms with Gasteiger partial charge >= 0.3 is 0 Å². The normalized spacial score (nSPS) is 14.1. The molecule has 29 heavy (non-hydrogen) atoms. The van der Waals surface area contributed by atoms with Crippen LogP contribution in [0.2, 0.25) is 0 Å². The van der Waals surface area contributed by atoms with Crippen molar-refractivity contribution in [3.05, 3.63) is 64.7 Å². The number of ether oxygens (including phenoxy) is 1. The third-order valence-electron chi connectivity index (χ3n) is 5.42. The lowest BCUT2D eigenvalue weighted by Crippen LogP contribution is -2.41. The third-order valence-corrected chi connectivity index (χ3v) is 5.42. The van der Waals surface area contributed by atoms with E-state index in [1.807, 2.05) is 25.1 Å². The molecule has 0 aromatic heterocycles. The Kier molecular flexibility index (Phi) is 7.04. The van der Waals surface area contributed by atoms with E-state index in [1.165, 1.54) is 5.56 Å². The van der Waals surface area contributed by atoms with Crippen LogP contribution in [0.4, 0.5) is 5.69 Å². The van der Waals surface area contributed by atoms with Crippen LogP contribution in [0.15, 0.2) is 42.5 Å².